The predicted octanol–water partition coefficient (Wildman–Crippen LogP) is 4.41. The van der Waals surface area contributed by atoms with Gasteiger partial charge in [0.25, 0.3) is 0 Å². The number of nitrogens with zero attached hydrogens (tertiary/aromatic N) is 2. The number of nitrogens with one attached hydrogen (secondary N) is 1. The number of likely N-dealkylation sites (N-methyl/N-ethyl adjacent to an activating group) is 1. The molecule has 1 atom stereocenters. The van der Waals surface area contributed by atoms with E-state index in [0.29, 0.717) is 31.0 Å². The first-order chi connectivity index (χ1) is 19.2. The SMILES string of the molecule is CCNC(=O)[C@@H](Cc1ccccc1)N(Cc1ccccc1)C(=O)CCCN(c1ccc(OCC)cc1)S(C)(=O)=O. The van der Waals surface area contributed by atoms with E-state index in [4.69, 9.17) is 4.74 Å². The molecule has 8 nitrogen and oxygen atoms in total. The predicted molar refractivity (Wildman–Crippen MR) is 159 cm³/mol. The number of hydrogen-bond donors (Lipinski definition) is 1. The maximum atomic E-state index is 13.7. The smallest absolute Gasteiger partial charge is 0.243 e. The number of carbonyl (C=O) groups excluding carboxylic acids is 2. The number of carbonyl (C=O) groups is 2. The fourth-order valence-electron chi connectivity index (χ4n) is 4.51. The van der Waals surface area contributed by atoms with E-state index >= 15 is 0 Å². The molecule has 0 spiro atoms. The van der Waals surface area contributed by atoms with Crippen LogP contribution in [0.2, 0.25) is 0 Å². The quantitative estimate of drug-likeness (QED) is 0.295. The van der Waals surface area contributed by atoms with Crippen LogP contribution in [0.5, 0.6) is 5.75 Å². The average Bonchev–Trinajstić information content (AvgIpc) is 2.94. The number of anilines is 1. The molecule has 0 saturated heterocycles. The molecule has 9 heteroatoms. The van der Waals surface area contributed by atoms with Crippen LogP contribution >= 0.6 is 0 Å². The van der Waals surface area contributed by atoms with Gasteiger partial charge in [-0.1, -0.05) is 60.7 Å². The van der Waals surface area contributed by atoms with Crippen molar-refractivity contribution < 1.29 is 22.7 Å². The second-order valence-electron chi connectivity index (χ2n) is 9.47. The maximum Gasteiger partial charge on any atom is 0.243 e. The van der Waals surface area contributed by atoms with Gasteiger partial charge in [-0.25, -0.2) is 8.42 Å². The van der Waals surface area contributed by atoms with Crippen molar-refractivity contribution in [2.24, 2.45) is 0 Å². The molecule has 3 aromatic carbocycles. The van der Waals surface area contributed by atoms with E-state index in [-0.39, 0.29) is 37.7 Å². The topological polar surface area (TPSA) is 96.0 Å². The minimum Gasteiger partial charge on any atom is -0.494 e. The van der Waals surface area contributed by atoms with Crippen LogP contribution < -0.4 is 14.4 Å². The number of sulfonamides is 1. The summed E-state index contributed by atoms with van der Waals surface area (Å²) in [6.07, 6.45) is 1.89. The lowest BCUT2D eigenvalue weighted by molar-refractivity contribution is -0.141. The van der Waals surface area contributed by atoms with E-state index in [1.807, 2.05) is 74.5 Å². The van der Waals surface area contributed by atoms with Gasteiger partial charge in [0.15, 0.2) is 0 Å². The third-order valence-electron chi connectivity index (χ3n) is 6.41. The molecule has 0 unspecified atom stereocenters. The summed E-state index contributed by atoms with van der Waals surface area (Å²) in [5.74, 6) is 0.222. The third kappa shape index (κ3) is 9.12. The van der Waals surface area contributed by atoms with Crippen LogP contribution in [-0.4, -0.2) is 57.1 Å². The van der Waals surface area contributed by atoms with Crippen LogP contribution in [0, 0.1) is 0 Å². The standard InChI is InChI=1S/C31H39N3O5S/c1-4-32-31(36)29(23-25-13-8-6-9-14-25)33(24-26-15-10-7-11-16-26)30(35)17-12-22-34(40(3,37)38)27-18-20-28(21-19-27)39-5-2/h6-11,13-16,18-21,29H,4-5,12,17,22-24H2,1-3H3,(H,32,36)/t29-/m1/s1. The van der Waals surface area contributed by atoms with E-state index in [0.717, 1.165) is 17.4 Å². The van der Waals surface area contributed by atoms with Crippen molar-refractivity contribution in [3.8, 4) is 5.75 Å². The number of hydrogen-bond acceptors (Lipinski definition) is 5. The van der Waals surface area contributed by atoms with Gasteiger partial charge < -0.3 is 15.0 Å². The van der Waals surface area contributed by atoms with Crippen LogP contribution in [0.15, 0.2) is 84.9 Å². The summed E-state index contributed by atoms with van der Waals surface area (Å²) in [6, 6.07) is 25.3. The molecular weight excluding hydrogens is 526 g/mol. The van der Waals surface area contributed by atoms with Gasteiger partial charge in [0.05, 0.1) is 18.6 Å². The summed E-state index contributed by atoms with van der Waals surface area (Å²) < 4.78 is 32.0. The monoisotopic (exact) mass is 565 g/mol. The maximum absolute atomic E-state index is 13.7. The minimum atomic E-state index is -3.58. The van der Waals surface area contributed by atoms with Crippen LogP contribution in [0.4, 0.5) is 5.69 Å². The van der Waals surface area contributed by atoms with E-state index in [1.165, 1.54) is 4.31 Å². The summed E-state index contributed by atoms with van der Waals surface area (Å²) in [7, 11) is -3.58. The van der Waals surface area contributed by atoms with Gasteiger partial charge in [-0.05, 0) is 55.7 Å². The molecule has 0 aliphatic carbocycles. The molecular formula is C31H39N3O5S. The average molecular weight is 566 g/mol. The van der Waals surface area contributed by atoms with Crippen LogP contribution in [0.25, 0.3) is 0 Å². The zero-order chi connectivity index (χ0) is 29.0. The van der Waals surface area contributed by atoms with Gasteiger partial charge in [-0.3, -0.25) is 13.9 Å². The molecule has 2 amide bonds. The van der Waals surface area contributed by atoms with E-state index < -0.39 is 16.1 Å². The summed E-state index contributed by atoms with van der Waals surface area (Å²) in [6.45, 7) is 5.08. The third-order valence-corrected chi connectivity index (χ3v) is 7.60. The highest BCUT2D eigenvalue weighted by Gasteiger charge is 2.30. The minimum absolute atomic E-state index is 0.0839. The molecule has 0 saturated carbocycles. The molecule has 3 aromatic rings. The molecule has 0 aliphatic heterocycles. The summed E-state index contributed by atoms with van der Waals surface area (Å²) in [4.78, 5) is 28.6. The normalized spacial score (nSPS) is 11.9. The van der Waals surface area contributed by atoms with Crippen molar-refractivity contribution in [1.29, 1.82) is 0 Å². The second kappa shape index (κ2) is 15.1. The molecule has 0 heterocycles. The van der Waals surface area contributed by atoms with Crippen molar-refractivity contribution in [2.45, 2.75) is 45.7 Å². The van der Waals surface area contributed by atoms with Crippen LogP contribution in [0.1, 0.15) is 37.8 Å². The molecule has 0 radical (unpaired) electrons. The Hall–Kier alpha value is -3.85. The first-order valence-electron chi connectivity index (χ1n) is 13.6. The Morgan fingerprint density at radius 1 is 0.875 bits per heavy atom. The van der Waals surface area contributed by atoms with Gasteiger partial charge >= 0.3 is 0 Å². The van der Waals surface area contributed by atoms with Gasteiger partial charge in [0.2, 0.25) is 21.8 Å². The Morgan fingerprint density at radius 3 is 2.02 bits per heavy atom. The molecule has 214 valence electrons. The molecule has 0 aromatic heterocycles. The zero-order valence-corrected chi connectivity index (χ0v) is 24.3. The first-order valence-corrected chi connectivity index (χ1v) is 15.4. The Labute approximate surface area is 238 Å². The largest absolute Gasteiger partial charge is 0.494 e. The van der Waals surface area contributed by atoms with Crippen LogP contribution in [0.3, 0.4) is 0 Å². The Morgan fingerprint density at radius 2 is 1.48 bits per heavy atom. The van der Waals surface area contributed by atoms with Gasteiger partial charge in [0.1, 0.15) is 11.8 Å². The van der Waals surface area contributed by atoms with E-state index in [2.05, 4.69) is 5.32 Å². The fourth-order valence-corrected chi connectivity index (χ4v) is 5.47. The molecule has 0 fully saturated rings. The fraction of sp³-hybridized carbons (Fsp3) is 0.355. The summed E-state index contributed by atoms with van der Waals surface area (Å²) in [5.41, 5.74) is 2.36. The van der Waals surface area contributed by atoms with Crippen molar-refractivity contribution in [3.05, 3.63) is 96.1 Å². The molecule has 0 aliphatic rings. The van der Waals surface area contributed by atoms with Crippen molar-refractivity contribution in [3.63, 3.8) is 0 Å². The number of benzene rings is 3. The lowest BCUT2D eigenvalue weighted by atomic mass is 10.0. The van der Waals surface area contributed by atoms with Gasteiger partial charge in [0, 0.05) is 32.5 Å². The van der Waals surface area contributed by atoms with Crippen LogP contribution in [-0.2, 0) is 32.6 Å². The molecule has 3 rings (SSSR count). The first kappa shape index (κ1) is 30.7. The number of rotatable bonds is 15. The van der Waals surface area contributed by atoms with Gasteiger partial charge in [-0.15, -0.1) is 0 Å². The van der Waals surface area contributed by atoms with Crippen molar-refractivity contribution in [1.82, 2.24) is 10.2 Å². The van der Waals surface area contributed by atoms with E-state index in [1.54, 1.807) is 29.2 Å². The molecule has 40 heavy (non-hydrogen) atoms. The second-order valence-corrected chi connectivity index (χ2v) is 11.4. The Bertz CT molecular complexity index is 1320. The highest BCUT2D eigenvalue weighted by Crippen LogP contribution is 2.23. The lowest BCUT2D eigenvalue weighted by Crippen LogP contribution is -2.50. The highest BCUT2D eigenvalue weighted by molar-refractivity contribution is 7.92. The molecule has 0 bridgehead atoms. The number of amides is 2. The highest BCUT2D eigenvalue weighted by atomic mass is 32.2. The zero-order valence-electron chi connectivity index (χ0n) is 23.5. The number of ether oxygens (including phenoxy) is 1. The molecule has 1 N–H and O–H groups in total. The Kier molecular flexibility index (Phi) is 11.6. The summed E-state index contributed by atoms with van der Waals surface area (Å²) >= 11 is 0. The Balaban J connectivity index is 1.81. The van der Waals surface area contributed by atoms with Gasteiger partial charge in [-0.2, -0.15) is 0 Å². The lowest BCUT2D eigenvalue weighted by Gasteiger charge is -2.32. The summed E-state index contributed by atoms with van der Waals surface area (Å²) in [5, 5.41) is 2.89. The van der Waals surface area contributed by atoms with E-state index in [9.17, 15) is 18.0 Å². The van der Waals surface area contributed by atoms with Crippen molar-refractivity contribution >= 4 is 27.5 Å². The van der Waals surface area contributed by atoms with Crippen molar-refractivity contribution in [2.75, 3.05) is 30.3 Å².